The first-order valence-electron chi connectivity index (χ1n) is 10.5. The van der Waals surface area contributed by atoms with Crippen LogP contribution in [0.5, 0.6) is 0 Å². The standard InChI is InChI=1S/C21H25N7O3S.ClH/c1-3-14(2)23-19(22)15-4-6-16(7-5-15)26-10-12-27(13-11-26)21-25-24-20(32-21)17-8-9-18(31-17)28(29)30;/h4-9,14H,3,10-13H2,1-2H3,(H2,22,23);1H. The summed E-state index contributed by atoms with van der Waals surface area (Å²) in [5.74, 6) is 0.629. The van der Waals surface area contributed by atoms with E-state index in [0.717, 1.165) is 49.0 Å². The van der Waals surface area contributed by atoms with E-state index < -0.39 is 4.92 Å². The average molecular weight is 492 g/mol. The van der Waals surface area contributed by atoms with E-state index >= 15 is 0 Å². The zero-order valence-electron chi connectivity index (χ0n) is 18.4. The van der Waals surface area contributed by atoms with Gasteiger partial charge in [-0.2, -0.15) is 0 Å². The topological polar surface area (TPSA) is 127 Å². The van der Waals surface area contributed by atoms with Crippen molar-refractivity contribution < 1.29 is 9.34 Å². The van der Waals surface area contributed by atoms with Crippen LogP contribution in [0.1, 0.15) is 25.8 Å². The first kappa shape index (κ1) is 24.5. The summed E-state index contributed by atoms with van der Waals surface area (Å²) in [5.41, 5.74) is 8.20. The van der Waals surface area contributed by atoms with E-state index in [-0.39, 0.29) is 24.3 Å². The second kappa shape index (κ2) is 10.6. The summed E-state index contributed by atoms with van der Waals surface area (Å²) < 4.78 is 5.23. The van der Waals surface area contributed by atoms with Crippen LogP contribution in [0.2, 0.25) is 0 Å². The third-order valence-corrected chi connectivity index (χ3v) is 6.42. The normalized spacial score (nSPS) is 15.3. The highest BCUT2D eigenvalue weighted by molar-refractivity contribution is 7.18. The Kier molecular flexibility index (Phi) is 7.88. The number of nitrogens with two attached hydrogens (primary N) is 1. The Bertz CT molecular complexity index is 1110. The summed E-state index contributed by atoms with van der Waals surface area (Å²) in [5, 5.41) is 20.5. The van der Waals surface area contributed by atoms with Crippen molar-refractivity contribution in [3.8, 4) is 10.8 Å². The molecule has 2 aromatic heterocycles. The fourth-order valence-corrected chi connectivity index (χ4v) is 4.24. The molecule has 4 rings (SSSR count). The monoisotopic (exact) mass is 491 g/mol. The molecule has 0 amide bonds. The third-order valence-electron chi connectivity index (χ3n) is 5.43. The lowest BCUT2D eigenvalue weighted by Crippen LogP contribution is -2.46. The van der Waals surface area contributed by atoms with Gasteiger partial charge in [-0.15, -0.1) is 22.6 Å². The molecule has 1 aliphatic heterocycles. The number of nitro groups is 1. The van der Waals surface area contributed by atoms with E-state index in [1.54, 1.807) is 6.07 Å². The summed E-state index contributed by atoms with van der Waals surface area (Å²) in [6.45, 7) is 7.43. The van der Waals surface area contributed by atoms with E-state index in [4.69, 9.17) is 10.2 Å². The smallest absolute Gasteiger partial charge is 0.398 e. The Balaban J connectivity index is 0.00000306. The number of hydrogen-bond acceptors (Lipinski definition) is 9. The summed E-state index contributed by atoms with van der Waals surface area (Å²) >= 11 is 1.37. The number of halogens is 1. The molecule has 0 bridgehead atoms. The van der Waals surface area contributed by atoms with Gasteiger partial charge in [0, 0.05) is 43.5 Å². The van der Waals surface area contributed by atoms with Gasteiger partial charge in [0.15, 0.2) is 10.8 Å². The van der Waals surface area contributed by atoms with Crippen LogP contribution >= 0.6 is 23.7 Å². The lowest BCUT2D eigenvalue weighted by atomic mass is 10.1. The van der Waals surface area contributed by atoms with Crippen LogP contribution in [0.15, 0.2) is 45.8 Å². The number of benzene rings is 1. The van der Waals surface area contributed by atoms with E-state index in [9.17, 15) is 10.1 Å². The zero-order valence-corrected chi connectivity index (χ0v) is 20.0. The van der Waals surface area contributed by atoms with Gasteiger partial charge >= 0.3 is 5.88 Å². The van der Waals surface area contributed by atoms with Crippen LogP contribution in [-0.4, -0.2) is 53.2 Å². The number of aromatic nitrogens is 2. The number of furan rings is 1. The fraction of sp³-hybridized carbons (Fsp3) is 0.381. The lowest BCUT2D eigenvalue weighted by molar-refractivity contribution is -0.401. The zero-order chi connectivity index (χ0) is 22.7. The molecular formula is C21H26ClN7O3S. The maximum absolute atomic E-state index is 10.8. The van der Waals surface area contributed by atoms with Gasteiger partial charge in [0.05, 0.1) is 6.07 Å². The van der Waals surface area contributed by atoms with E-state index in [1.165, 1.54) is 17.4 Å². The molecule has 12 heteroatoms. The van der Waals surface area contributed by atoms with Crippen molar-refractivity contribution >= 4 is 46.3 Å². The van der Waals surface area contributed by atoms with Crippen LogP contribution in [-0.2, 0) is 0 Å². The Morgan fingerprint density at radius 3 is 2.45 bits per heavy atom. The molecule has 2 N–H and O–H groups in total. The fourth-order valence-electron chi connectivity index (χ4n) is 3.39. The molecule has 1 atom stereocenters. The summed E-state index contributed by atoms with van der Waals surface area (Å²) in [7, 11) is 0. The maximum atomic E-state index is 10.8. The average Bonchev–Trinajstić information content (AvgIpc) is 3.49. The summed E-state index contributed by atoms with van der Waals surface area (Å²) in [6.07, 6.45) is 0.959. The van der Waals surface area contributed by atoms with Crippen LogP contribution in [0, 0.1) is 10.1 Å². The van der Waals surface area contributed by atoms with Crippen molar-refractivity contribution in [1.29, 1.82) is 0 Å². The number of rotatable bonds is 7. The van der Waals surface area contributed by atoms with Gasteiger partial charge < -0.3 is 20.0 Å². The van der Waals surface area contributed by atoms with Crippen molar-refractivity contribution in [1.82, 2.24) is 10.2 Å². The van der Waals surface area contributed by atoms with Gasteiger partial charge in [0.2, 0.25) is 5.13 Å². The van der Waals surface area contributed by atoms with Crippen LogP contribution in [0.4, 0.5) is 16.7 Å². The van der Waals surface area contributed by atoms with Crippen molar-refractivity contribution in [2.75, 3.05) is 36.0 Å². The summed E-state index contributed by atoms with van der Waals surface area (Å²) in [4.78, 5) is 19.2. The molecule has 1 saturated heterocycles. The van der Waals surface area contributed by atoms with Crippen molar-refractivity contribution in [2.24, 2.45) is 10.7 Å². The molecule has 1 aromatic carbocycles. The maximum Gasteiger partial charge on any atom is 0.433 e. The highest BCUT2D eigenvalue weighted by Crippen LogP contribution is 2.32. The van der Waals surface area contributed by atoms with E-state index in [0.29, 0.717) is 16.6 Å². The molecule has 33 heavy (non-hydrogen) atoms. The number of piperazine rings is 1. The minimum atomic E-state index is -0.565. The van der Waals surface area contributed by atoms with Gasteiger partial charge in [-0.25, -0.2) is 0 Å². The first-order valence-corrected chi connectivity index (χ1v) is 11.3. The molecule has 1 fully saturated rings. The molecule has 176 valence electrons. The Morgan fingerprint density at radius 2 is 1.85 bits per heavy atom. The predicted molar refractivity (Wildman–Crippen MR) is 133 cm³/mol. The van der Waals surface area contributed by atoms with Gasteiger partial charge in [-0.05, 0) is 43.7 Å². The van der Waals surface area contributed by atoms with Gasteiger partial charge in [0.25, 0.3) is 0 Å². The van der Waals surface area contributed by atoms with E-state index in [1.807, 2.05) is 12.1 Å². The molecule has 0 radical (unpaired) electrons. The second-order valence-corrected chi connectivity index (χ2v) is 8.53. The SMILES string of the molecule is CCC(C)N=C(N)c1ccc(N2CCN(c3nnc(-c4ccc([N+](=O)[O-])o4)s3)CC2)cc1.Cl. The van der Waals surface area contributed by atoms with Crippen molar-refractivity contribution in [3.63, 3.8) is 0 Å². The second-order valence-electron chi connectivity index (χ2n) is 7.58. The third kappa shape index (κ3) is 5.60. The van der Waals surface area contributed by atoms with E-state index in [2.05, 4.69) is 51.0 Å². The Hall–Kier alpha value is -3.18. The number of aliphatic imine (C=N–C) groups is 1. The lowest BCUT2D eigenvalue weighted by Gasteiger charge is -2.35. The molecular weight excluding hydrogens is 466 g/mol. The largest absolute Gasteiger partial charge is 0.433 e. The van der Waals surface area contributed by atoms with Crippen LogP contribution in [0.3, 0.4) is 0 Å². The number of anilines is 2. The molecule has 1 aliphatic rings. The molecule has 0 spiro atoms. The molecule has 10 nitrogen and oxygen atoms in total. The van der Waals surface area contributed by atoms with Crippen LogP contribution in [0.25, 0.3) is 10.8 Å². The first-order chi connectivity index (χ1) is 15.4. The minimum Gasteiger partial charge on any atom is -0.398 e. The molecule has 3 heterocycles. The minimum absolute atomic E-state index is 0. The van der Waals surface area contributed by atoms with Gasteiger partial charge in [-0.3, -0.25) is 15.1 Å². The molecule has 0 saturated carbocycles. The molecule has 0 aliphatic carbocycles. The highest BCUT2D eigenvalue weighted by atomic mass is 35.5. The predicted octanol–water partition coefficient (Wildman–Crippen LogP) is 3.96. The number of hydrogen-bond donors (Lipinski definition) is 1. The van der Waals surface area contributed by atoms with Crippen LogP contribution < -0.4 is 15.5 Å². The highest BCUT2D eigenvalue weighted by Gasteiger charge is 2.22. The van der Waals surface area contributed by atoms with Crippen molar-refractivity contribution in [3.05, 3.63) is 52.1 Å². The molecule has 1 unspecified atom stereocenters. The quantitative estimate of drug-likeness (QED) is 0.228. The van der Waals surface area contributed by atoms with Gasteiger partial charge in [0.1, 0.15) is 10.8 Å². The Labute approximate surface area is 201 Å². The number of amidine groups is 1. The molecule has 3 aromatic rings. The number of nitrogens with zero attached hydrogens (tertiary/aromatic N) is 6. The van der Waals surface area contributed by atoms with Gasteiger partial charge in [-0.1, -0.05) is 18.3 Å². The Morgan fingerprint density at radius 1 is 1.18 bits per heavy atom. The summed E-state index contributed by atoms with van der Waals surface area (Å²) in [6, 6.07) is 11.3. The van der Waals surface area contributed by atoms with Crippen molar-refractivity contribution in [2.45, 2.75) is 26.3 Å².